The number of fused-ring (bicyclic) bond motifs is 1. The van der Waals surface area contributed by atoms with Crippen molar-refractivity contribution in [1.29, 1.82) is 0 Å². The van der Waals surface area contributed by atoms with E-state index in [4.69, 9.17) is 16.3 Å². The first-order valence-electron chi connectivity index (χ1n) is 9.17. The third-order valence-electron chi connectivity index (χ3n) is 5.22. The Labute approximate surface area is 231 Å². The fourth-order valence-electron chi connectivity index (χ4n) is 3.85. The molecule has 0 bridgehead atoms. The zero-order valence-electron chi connectivity index (χ0n) is 17.4. The van der Waals surface area contributed by atoms with Crippen LogP contribution in [0.3, 0.4) is 0 Å². The van der Waals surface area contributed by atoms with Crippen LogP contribution in [0.15, 0.2) is 6.33 Å². The molecule has 1 aliphatic heterocycles. The van der Waals surface area contributed by atoms with Gasteiger partial charge in [-0.25, -0.2) is 4.98 Å². The summed E-state index contributed by atoms with van der Waals surface area (Å²) in [5.74, 6) is 0.183. The molecule has 1 aliphatic carbocycles. The number of phosphoric ester groups is 1. The second-order valence-electron chi connectivity index (χ2n) is 7.17. The Kier molecular flexibility index (Phi) is 10.4. The van der Waals surface area contributed by atoms with Crippen LogP contribution in [-0.2, 0) is 13.8 Å². The third kappa shape index (κ3) is 6.04. The Morgan fingerprint density at radius 1 is 1.28 bits per heavy atom. The molecular formula is C15H19ClN5Na2O8P. The maximum atomic E-state index is 11.0. The summed E-state index contributed by atoms with van der Waals surface area (Å²) in [5.41, 5.74) is 0.427. The molecule has 32 heavy (non-hydrogen) atoms. The summed E-state index contributed by atoms with van der Waals surface area (Å²) in [6, 6.07) is -0.519. The van der Waals surface area contributed by atoms with E-state index in [-0.39, 0.29) is 81.4 Å². The summed E-state index contributed by atoms with van der Waals surface area (Å²) in [4.78, 5) is 34.4. The predicted molar refractivity (Wildman–Crippen MR) is 97.1 cm³/mol. The van der Waals surface area contributed by atoms with Crippen molar-refractivity contribution in [3.8, 4) is 0 Å². The van der Waals surface area contributed by atoms with Gasteiger partial charge in [-0.05, 0) is 30.9 Å². The van der Waals surface area contributed by atoms with E-state index < -0.39 is 51.1 Å². The molecule has 0 unspecified atom stereocenters. The molecule has 2 fully saturated rings. The van der Waals surface area contributed by atoms with Gasteiger partial charge in [0.2, 0.25) is 5.28 Å². The predicted octanol–water partition coefficient (Wildman–Crippen LogP) is -7.72. The molecule has 0 amide bonds. The van der Waals surface area contributed by atoms with E-state index in [9.17, 15) is 29.7 Å². The minimum Gasteiger partial charge on any atom is -0.790 e. The average Bonchev–Trinajstić information content (AvgIpc) is 3.34. The van der Waals surface area contributed by atoms with Gasteiger partial charge in [0.15, 0.2) is 23.2 Å². The largest absolute Gasteiger partial charge is 1.00 e. The van der Waals surface area contributed by atoms with E-state index in [0.717, 1.165) is 0 Å². The Morgan fingerprint density at radius 2 is 2.00 bits per heavy atom. The second kappa shape index (κ2) is 11.5. The molecule has 2 aromatic rings. The van der Waals surface area contributed by atoms with Crippen molar-refractivity contribution in [3.63, 3.8) is 0 Å². The zero-order valence-corrected chi connectivity index (χ0v) is 23.0. The number of hydrogen-bond acceptors (Lipinski definition) is 12. The molecular weight excluding hydrogens is 491 g/mol. The van der Waals surface area contributed by atoms with Crippen LogP contribution in [0.1, 0.15) is 25.5 Å². The Bertz CT molecular complexity index is 983. The molecule has 3 heterocycles. The minimum atomic E-state index is -5.15. The van der Waals surface area contributed by atoms with Crippen molar-refractivity contribution >= 4 is 36.4 Å². The standard InChI is InChI=1S/C15H21ClN5O8P.2Na/c16-15-19-12(18-6-2-1-3-7(6)29-30(25,26)27)9-13(20-15)21(5-17-9)14-11(24)10(23)8(4-22)28-14;;/h5-8,10-11,14,22-24H,1-4H2,(H,18,19,20)(H2,25,26,27);;/q;2*+1/p-2/t6-,7-,8-,10-,11-,14-;;/m1../s1. The number of nitrogens with zero attached hydrogens (tertiary/aromatic N) is 4. The Balaban J connectivity index is 0.00000181. The molecule has 0 radical (unpaired) electrons. The van der Waals surface area contributed by atoms with Gasteiger partial charge in [0.05, 0.1) is 32.9 Å². The molecule has 4 rings (SSSR count). The van der Waals surface area contributed by atoms with Crippen LogP contribution in [-0.4, -0.2) is 71.9 Å². The maximum absolute atomic E-state index is 11.0. The summed E-state index contributed by atoms with van der Waals surface area (Å²) in [5, 5.41) is 32.4. The molecule has 2 aromatic heterocycles. The van der Waals surface area contributed by atoms with Gasteiger partial charge in [-0.2, -0.15) is 9.97 Å². The number of aromatic nitrogens is 4. The topological polar surface area (TPSA) is 198 Å². The first-order valence-corrected chi connectivity index (χ1v) is 11.0. The fourth-order valence-corrected chi connectivity index (χ4v) is 4.59. The Morgan fingerprint density at radius 3 is 2.62 bits per heavy atom. The van der Waals surface area contributed by atoms with Crippen LogP contribution in [0.2, 0.25) is 5.28 Å². The maximum Gasteiger partial charge on any atom is 1.00 e. The van der Waals surface area contributed by atoms with Crippen LogP contribution >= 0.6 is 19.4 Å². The quantitative estimate of drug-likeness (QED) is 0.163. The van der Waals surface area contributed by atoms with E-state index in [2.05, 4.69) is 24.8 Å². The molecule has 1 saturated carbocycles. The molecule has 166 valence electrons. The number of halogens is 1. The zero-order chi connectivity index (χ0) is 21.6. The number of hydrogen-bond donors (Lipinski definition) is 4. The number of imidazole rings is 1. The van der Waals surface area contributed by atoms with Gasteiger partial charge in [0.25, 0.3) is 0 Å². The number of aliphatic hydroxyl groups excluding tert-OH is 3. The van der Waals surface area contributed by atoms with E-state index >= 15 is 0 Å². The second-order valence-corrected chi connectivity index (χ2v) is 8.61. The molecule has 2 aliphatic rings. The summed E-state index contributed by atoms with van der Waals surface area (Å²) < 4.78 is 22.5. The third-order valence-corrected chi connectivity index (χ3v) is 5.92. The number of ether oxygens (including phenoxy) is 1. The number of phosphoric acid groups is 1. The van der Waals surface area contributed by atoms with Crippen molar-refractivity contribution in [2.45, 2.75) is 55.9 Å². The monoisotopic (exact) mass is 509 g/mol. The average molecular weight is 510 g/mol. The number of aliphatic hydroxyl groups is 3. The van der Waals surface area contributed by atoms with Gasteiger partial charge in [-0.15, -0.1) is 0 Å². The van der Waals surface area contributed by atoms with Gasteiger partial charge < -0.3 is 44.2 Å². The van der Waals surface area contributed by atoms with Gasteiger partial charge in [0, 0.05) is 0 Å². The van der Waals surface area contributed by atoms with Gasteiger partial charge in [-0.1, -0.05) is 0 Å². The smallest absolute Gasteiger partial charge is 0.790 e. The molecule has 0 aromatic carbocycles. The van der Waals surface area contributed by atoms with E-state index in [1.807, 2.05) is 0 Å². The normalized spacial score (nSPS) is 30.2. The van der Waals surface area contributed by atoms with E-state index in [0.29, 0.717) is 19.3 Å². The first kappa shape index (κ1) is 28.8. The van der Waals surface area contributed by atoms with Crippen LogP contribution in [0.25, 0.3) is 11.2 Å². The van der Waals surface area contributed by atoms with Gasteiger partial charge in [0.1, 0.15) is 18.3 Å². The molecule has 4 N–H and O–H groups in total. The number of anilines is 1. The summed E-state index contributed by atoms with van der Waals surface area (Å²) >= 11 is 6.04. The summed E-state index contributed by atoms with van der Waals surface area (Å²) in [6.45, 7) is -0.490. The van der Waals surface area contributed by atoms with Crippen molar-refractivity contribution < 1.29 is 98.0 Å². The van der Waals surface area contributed by atoms with Crippen molar-refractivity contribution in [2.75, 3.05) is 11.9 Å². The fraction of sp³-hybridized carbons (Fsp3) is 0.667. The molecule has 6 atom stereocenters. The summed E-state index contributed by atoms with van der Waals surface area (Å²) in [6.07, 6.45) is -2.70. The molecule has 13 nitrogen and oxygen atoms in total. The van der Waals surface area contributed by atoms with Crippen LogP contribution in [0.4, 0.5) is 5.82 Å². The van der Waals surface area contributed by atoms with Crippen molar-refractivity contribution in [2.24, 2.45) is 0 Å². The van der Waals surface area contributed by atoms with Gasteiger partial charge in [-0.3, -0.25) is 4.57 Å². The molecule has 1 saturated heterocycles. The number of rotatable bonds is 6. The number of nitrogens with one attached hydrogen (secondary N) is 1. The SMILES string of the molecule is O=P([O-])([O-])O[C@@H]1CCC[C@H]1Nc1nc(Cl)nc2c1ncn2[C@@H]1O[C@H](CO)[C@@H](O)[C@H]1O.[Na+].[Na+]. The van der Waals surface area contributed by atoms with Crippen molar-refractivity contribution in [1.82, 2.24) is 19.5 Å². The van der Waals surface area contributed by atoms with Crippen molar-refractivity contribution in [3.05, 3.63) is 11.6 Å². The van der Waals surface area contributed by atoms with Crippen LogP contribution in [0, 0.1) is 0 Å². The van der Waals surface area contributed by atoms with Crippen LogP contribution in [0.5, 0.6) is 0 Å². The first-order chi connectivity index (χ1) is 14.2. The molecule has 17 heteroatoms. The van der Waals surface area contributed by atoms with Gasteiger partial charge >= 0.3 is 59.1 Å². The summed E-state index contributed by atoms with van der Waals surface area (Å²) in [7, 11) is -5.15. The molecule has 0 spiro atoms. The van der Waals surface area contributed by atoms with E-state index in [1.165, 1.54) is 10.9 Å². The van der Waals surface area contributed by atoms with E-state index in [1.54, 1.807) is 0 Å². The van der Waals surface area contributed by atoms with Crippen LogP contribution < -0.4 is 74.2 Å². The minimum absolute atomic E-state index is 0. The Hall–Kier alpha value is 0.590.